The largest absolute Gasteiger partial charge is 0.383 e. The Morgan fingerprint density at radius 2 is 1.83 bits per heavy atom. The van der Waals surface area contributed by atoms with Crippen molar-refractivity contribution in [1.82, 2.24) is 4.90 Å². The highest BCUT2D eigenvalue weighted by molar-refractivity contribution is 5.97. The number of anilines is 2. The van der Waals surface area contributed by atoms with Crippen LogP contribution in [0.5, 0.6) is 0 Å². The summed E-state index contributed by atoms with van der Waals surface area (Å²) < 4.78 is 5.07. The van der Waals surface area contributed by atoms with Crippen molar-refractivity contribution in [2.45, 2.75) is 26.3 Å². The van der Waals surface area contributed by atoms with Crippen LogP contribution in [0.25, 0.3) is 0 Å². The second kappa shape index (κ2) is 7.92. The van der Waals surface area contributed by atoms with Crippen molar-refractivity contribution in [3.63, 3.8) is 0 Å². The first-order valence-electron chi connectivity index (χ1n) is 7.87. The first-order valence-corrected chi connectivity index (χ1v) is 7.87. The highest BCUT2D eigenvalue weighted by atomic mass is 16.5. The quantitative estimate of drug-likeness (QED) is 0.825. The molecule has 2 rings (SSSR count). The first kappa shape index (κ1) is 17.9. The molecule has 0 unspecified atom stereocenters. The zero-order valence-corrected chi connectivity index (χ0v) is 14.2. The third-order valence-corrected chi connectivity index (χ3v) is 3.94. The summed E-state index contributed by atoms with van der Waals surface area (Å²) in [4.78, 5) is 37.1. The summed E-state index contributed by atoms with van der Waals surface area (Å²) in [6.45, 7) is 4.19. The van der Waals surface area contributed by atoms with Crippen LogP contribution in [0.3, 0.4) is 0 Å². The van der Waals surface area contributed by atoms with Crippen LogP contribution in [0, 0.1) is 5.92 Å². The molecule has 0 radical (unpaired) electrons. The van der Waals surface area contributed by atoms with Gasteiger partial charge in [0.25, 0.3) is 0 Å². The molecular formula is C17H23N3O4. The van der Waals surface area contributed by atoms with Crippen LogP contribution in [0.4, 0.5) is 11.4 Å². The van der Waals surface area contributed by atoms with E-state index in [2.05, 4.69) is 10.6 Å². The summed E-state index contributed by atoms with van der Waals surface area (Å²) in [7, 11) is 1.59. The van der Waals surface area contributed by atoms with Crippen molar-refractivity contribution in [2.24, 2.45) is 5.92 Å². The van der Waals surface area contributed by atoms with Crippen LogP contribution < -0.4 is 10.6 Å². The molecule has 7 heteroatoms. The Morgan fingerprint density at radius 1 is 1.25 bits per heavy atom. The van der Waals surface area contributed by atoms with E-state index in [0.717, 1.165) is 0 Å². The molecule has 0 bridgehead atoms. The highest BCUT2D eigenvalue weighted by Gasteiger charge is 2.36. The molecule has 1 aromatic rings. The molecular weight excluding hydrogens is 310 g/mol. The van der Waals surface area contributed by atoms with Gasteiger partial charge in [0.1, 0.15) is 0 Å². The van der Waals surface area contributed by atoms with Gasteiger partial charge in [0, 0.05) is 38.4 Å². The normalized spacial score (nSPS) is 18.4. The number of benzene rings is 1. The Hall–Kier alpha value is -2.41. The van der Waals surface area contributed by atoms with Gasteiger partial charge in [-0.1, -0.05) is 0 Å². The van der Waals surface area contributed by atoms with Gasteiger partial charge in [0.05, 0.1) is 18.6 Å². The van der Waals surface area contributed by atoms with Gasteiger partial charge in [-0.2, -0.15) is 0 Å². The monoisotopic (exact) mass is 333 g/mol. The number of hydrogen-bond donors (Lipinski definition) is 2. The predicted octanol–water partition coefficient (Wildman–Crippen LogP) is 1.47. The number of carbonyl (C=O) groups excluding carboxylic acids is 3. The van der Waals surface area contributed by atoms with Crippen LogP contribution in [0.1, 0.15) is 20.3 Å². The minimum atomic E-state index is -0.369. The highest BCUT2D eigenvalue weighted by Crippen LogP contribution is 2.22. The van der Waals surface area contributed by atoms with E-state index in [1.54, 1.807) is 36.3 Å². The third kappa shape index (κ3) is 4.55. The van der Waals surface area contributed by atoms with Crippen LogP contribution >= 0.6 is 0 Å². The van der Waals surface area contributed by atoms with E-state index < -0.39 is 0 Å². The van der Waals surface area contributed by atoms with Crippen LogP contribution in [-0.2, 0) is 19.1 Å². The molecule has 24 heavy (non-hydrogen) atoms. The van der Waals surface area contributed by atoms with Crippen molar-refractivity contribution in [3.8, 4) is 0 Å². The summed E-state index contributed by atoms with van der Waals surface area (Å²) in [6, 6.07) is 6.81. The van der Waals surface area contributed by atoms with E-state index >= 15 is 0 Å². The molecule has 1 aliphatic rings. The summed E-state index contributed by atoms with van der Waals surface area (Å²) in [5.74, 6) is -0.725. The minimum absolute atomic E-state index is 0.0271. The van der Waals surface area contributed by atoms with Crippen molar-refractivity contribution in [2.75, 3.05) is 30.9 Å². The molecule has 0 aromatic heterocycles. The lowest BCUT2D eigenvalue weighted by atomic mass is 10.1. The van der Waals surface area contributed by atoms with Crippen molar-refractivity contribution >= 4 is 29.1 Å². The number of likely N-dealkylation sites (tertiary alicyclic amines) is 1. The van der Waals surface area contributed by atoms with Gasteiger partial charge in [0.15, 0.2) is 0 Å². The van der Waals surface area contributed by atoms with Crippen molar-refractivity contribution < 1.29 is 19.1 Å². The van der Waals surface area contributed by atoms with E-state index in [-0.39, 0.29) is 36.1 Å². The number of ether oxygens (including phenoxy) is 1. The Kier molecular flexibility index (Phi) is 5.92. The Morgan fingerprint density at radius 3 is 2.38 bits per heavy atom. The summed E-state index contributed by atoms with van der Waals surface area (Å²) in [5.41, 5.74) is 1.29. The number of methoxy groups -OCH3 is 1. The van der Waals surface area contributed by atoms with E-state index in [1.165, 1.54) is 6.92 Å². The fraction of sp³-hybridized carbons (Fsp3) is 0.471. The molecule has 7 nitrogen and oxygen atoms in total. The smallest absolute Gasteiger partial charge is 0.229 e. The van der Waals surface area contributed by atoms with Gasteiger partial charge in [-0.25, -0.2) is 0 Å². The van der Waals surface area contributed by atoms with Crippen molar-refractivity contribution in [3.05, 3.63) is 24.3 Å². The molecule has 130 valence electrons. The number of nitrogens with one attached hydrogen (secondary N) is 2. The second-order valence-electron chi connectivity index (χ2n) is 6.00. The fourth-order valence-electron chi connectivity index (χ4n) is 2.75. The molecule has 0 saturated carbocycles. The molecule has 1 saturated heterocycles. The Balaban J connectivity index is 1.93. The topological polar surface area (TPSA) is 87.7 Å². The van der Waals surface area contributed by atoms with Crippen LogP contribution in [-0.4, -0.2) is 48.9 Å². The molecule has 1 heterocycles. The van der Waals surface area contributed by atoms with Gasteiger partial charge >= 0.3 is 0 Å². The lowest BCUT2D eigenvalue weighted by Crippen LogP contribution is -2.38. The number of nitrogens with zero attached hydrogens (tertiary/aromatic N) is 1. The van der Waals surface area contributed by atoms with Gasteiger partial charge < -0.3 is 20.3 Å². The summed E-state index contributed by atoms with van der Waals surface area (Å²) in [6.07, 6.45) is 0.212. The Labute approximate surface area is 141 Å². The lowest BCUT2D eigenvalue weighted by molar-refractivity contribution is -0.130. The number of carbonyl (C=O) groups is 3. The Bertz CT molecular complexity index is 615. The number of amides is 3. The average molecular weight is 333 g/mol. The average Bonchev–Trinajstić information content (AvgIpc) is 2.91. The summed E-state index contributed by atoms with van der Waals surface area (Å²) >= 11 is 0. The van der Waals surface area contributed by atoms with E-state index in [9.17, 15) is 14.4 Å². The maximum atomic E-state index is 12.4. The predicted molar refractivity (Wildman–Crippen MR) is 90.5 cm³/mol. The number of hydrogen-bond acceptors (Lipinski definition) is 4. The molecule has 1 aliphatic heterocycles. The zero-order valence-electron chi connectivity index (χ0n) is 14.2. The van der Waals surface area contributed by atoms with E-state index in [1.807, 2.05) is 6.92 Å². The maximum absolute atomic E-state index is 12.4. The molecule has 0 aliphatic carbocycles. The van der Waals surface area contributed by atoms with Gasteiger partial charge in [-0.05, 0) is 31.2 Å². The van der Waals surface area contributed by atoms with Gasteiger partial charge in [0.2, 0.25) is 17.7 Å². The van der Waals surface area contributed by atoms with Crippen LogP contribution in [0.2, 0.25) is 0 Å². The number of rotatable bonds is 6. The van der Waals surface area contributed by atoms with Crippen LogP contribution in [0.15, 0.2) is 24.3 Å². The molecule has 2 atom stereocenters. The van der Waals surface area contributed by atoms with E-state index in [0.29, 0.717) is 24.5 Å². The fourth-order valence-corrected chi connectivity index (χ4v) is 2.75. The van der Waals surface area contributed by atoms with Gasteiger partial charge in [-0.15, -0.1) is 0 Å². The van der Waals surface area contributed by atoms with Gasteiger partial charge in [-0.3, -0.25) is 14.4 Å². The summed E-state index contributed by atoms with van der Waals surface area (Å²) in [5, 5.41) is 5.48. The maximum Gasteiger partial charge on any atom is 0.229 e. The zero-order chi connectivity index (χ0) is 17.7. The first-order chi connectivity index (χ1) is 11.4. The van der Waals surface area contributed by atoms with E-state index in [4.69, 9.17) is 4.74 Å². The molecule has 0 spiro atoms. The lowest BCUT2D eigenvalue weighted by Gasteiger charge is -2.23. The molecule has 1 fully saturated rings. The second-order valence-corrected chi connectivity index (χ2v) is 6.00. The minimum Gasteiger partial charge on any atom is -0.383 e. The molecule has 2 N–H and O–H groups in total. The third-order valence-electron chi connectivity index (χ3n) is 3.94. The molecule has 1 aromatic carbocycles. The SMILES string of the molecule is COC[C@@H](C)N1C[C@H](C(=O)Nc2ccc(NC(C)=O)cc2)CC1=O. The standard InChI is InChI=1S/C17H23N3O4/c1-11(10-24-3)20-9-13(8-16(20)22)17(23)19-15-6-4-14(5-7-15)18-12(2)21/h4-7,11,13H,8-10H2,1-3H3,(H,18,21)(H,19,23)/t11-,13-/m1/s1. The van der Waals surface area contributed by atoms with Crippen molar-refractivity contribution in [1.29, 1.82) is 0 Å². The molecule has 3 amide bonds.